The Morgan fingerprint density at radius 3 is 2.26 bits per heavy atom. The summed E-state index contributed by atoms with van der Waals surface area (Å²) in [6.07, 6.45) is 3.45. The third kappa shape index (κ3) is 6.59. The minimum Gasteiger partial charge on any atom is -0.481 e. The molecule has 0 unspecified atom stereocenters. The summed E-state index contributed by atoms with van der Waals surface area (Å²) in [5, 5.41) is 8.93. The third-order valence-electron chi connectivity index (χ3n) is 8.01. The molecule has 0 aliphatic carbocycles. The highest BCUT2D eigenvalue weighted by atomic mass is 16.6. The first-order valence-corrected chi connectivity index (χ1v) is 15.5. The Morgan fingerprint density at radius 2 is 1.62 bits per heavy atom. The average molecular weight is 631 g/mol. The molecule has 6 rings (SSSR count). The number of nitrogens with zero attached hydrogens (tertiary/aromatic N) is 4. The molecule has 0 atom stereocenters. The number of likely N-dealkylation sites (tertiary alicyclic amines) is 1. The van der Waals surface area contributed by atoms with E-state index >= 15 is 0 Å². The van der Waals surface area contributed by atoms with Gasteiger partial charge in [0.15, 0.2) is 5.66 Å². The largest absolute Gasteiger partial charge is 0.481 e. The molecule has 1 aliphatic heterocycles. The van der Waals surface area contributed by atoms with Gasteiger partial charge in [0.25, 0.3) is 0 Å². The minimum atomic E-state index is -1.16. The van der Waals surface area contributed by atoms with Crippen molar-refractivity contribution in [3.63, 3.8) is 0 Å². The van der Waals surface area contributed by atoms with Gasteiger partial charge < -0.3 is 19.7 Å². The first kappa shape index (κ1) is 31.5. The molecule has 10 nitrogen and oxygen atoms in total. The van der Waals surface area contributed by atoms with E-state index in [-0.39, 0.29) is 12.0 Å². The van der Waals surface area contributed by atoms with Crippen molar-refractivity contribution in [2.75, 3.05) is 25.5 Å². The number of ether oxygens (including phenoxy) is 2. The number of hydrogen-bond acceptors (Lipinski definition) is 7. The Balaban J connectivity index is 1.39. The molecule has 1 saturated heterocycles. The Kier molecular flexibility index (Phi) is 8.53. The van der Waals surface area contributed by atoms with Gasteiger partial charge in [0.05, 0.1) is 12.6 Å². The maximum Gasteiger partial charge on any atom is 0.410 e. The van der Waals surface area contributed by atoms with E-state index < -0.39 is 11.3 Å². The molecule has 240 valence electrons. The summed E-state index contributed by atoms with van der Waals surface area (Å²) in [4.78, 5) is 31.6. The Labute approximate surface area is 273 Å². The molecular weight excluding hydrogens is 592 g/mol. The van der Waals surface area contributed by atoms with Gasteiger partial charge in [-0.15, -0.1) is 0 Å². The highest BCUT2D eigenvalue weighted by Crippen LogP contribution is 2.37. The number of nitrogens with two attached hydrogens (primary N) is 1. The molecule has 3 heterocycles. The summed E-state index contributed by atoms with van der Waals surface area (Å²) >= 11 is 0. The normalized spacial score (nSPS) is 14.4. The molecule has 0 spiro atoms. The first-order valence-electron chi connectivity index (χ1n) is 15.5. The monoisotopic (exact) mass is 630 g/mol. The molecule has 3 N–H and O–H groups in total. The highest BCUT2D eigenvalue weighted by Gasteiger charge is 2.35. The second kappa shape index (κ2) is 12.7. The number of carbonyl (C=O) groups excluding carboxylic acids is 2. The van der Waals surface area contributed by atoms with E-state index in [0.717, 1.165) is 33.2 Å². The Bertz CT molecular complexity index is 1910. The molecule has 1 aliphatic rings. The zero-order valence-electron chi connectivity index (χ0n) is 26.9. The average Bonchev–Trinajstić information content (AvgIpc) is 3.69. The van der Waals surface area contributed by atoms with Crippen molar-refractivity contribution in [1.29, 1.82) is 0 Å². The summed E-state index contributed by atoms with van der Waals surface area (Å²) in [6.45, 7) is 6.35. The molecule has 2 amide bonds. The lowest BCUT2D eigenvalue weighted by atomic mass is 9.92. The van der Waals surface area contributed by atoms with Gasteiger partial charge in [-0.3, -0.25) is 10.5 Å². The van der Waals surface area contributed by atoms with Gasteiger partial charge in [-0.2, -0.15) is 5.10 Å². The minimum absolute atomic E-state index is 0.286. The Hall–Kier alpha value is -5.48. The van der Waals surface area contributed by atoms with Crippen LogP contribution in [0, 0.1) is 0 Å². The molecule has 2 aromatic heterocycles. The summed E-state index contributed by atoms with van der Waals surface area (Å²) in [5.41, 5.74) is 11.0. The van der Waals surface area contributed by atoms with Crippen LogP contribution in [0.1, 0.15) is 38.3 Å². The number of nitrogens with one attached hydrogen (secondary N) is 1. The first-order chi connectivity index (χ1) is 22.5. The van der Waals surface area contributed by atoms with Gasteiger partial charge in [0, 0.05) is 48.1 Å². The van der Waals surface area contributed by atoms with E-state index in [1.165, 1.54) is 0 Å². The number of fused-ring (bicyclic) bond motifs is 1. The van der Waals surface area contributed by atoms with E-state index in [2.05, 4.69) is 10.3 Å². The fourth-order valence-corrected chi connectivity index (χ4v) is 5.79. The quantitative estimate of drug-likeness (QED) is 0.202. The van der Waals surface area contributed by atoms with Crippen LogP contribution in [0.15, 0.2) is 109 Å². The molecule has 0 bridgehead atoms. The number of pyridine rings is 1. The van der Waals surface area contributed by atoms with E-state index in [1.54, 1.807) is 24.3 Å². The van der Waals surface area contributed by atoms with Gasteiger partial charge in [0.1, 0.15) is 11.3 Å². The standard InChI is InChI=1S/C37H38N6O4/c1-36(2,3)47-35(45)42-20-18-25(24-42)21-32(44)40-29-15-16-31-30(23-29)34(26-17-19-39-33(22-26)46-4)41-43(31)37(38,27-11-7-5-8-12-27)28-13-9-6-10-14-28/h5-17,19,21-23H,18,20,24,38H2,1-4H3,(H,40,44)/b25-21+. The molecule has 47 heavy (non-hydrogen) atoms. The summed E-state index contributed by atoms with van der Waals surface area (Å²) in [7, 11) is 1.57. The number of aromatic nitrogens is 3. The second-order valence-corrected chi connectivity index (χ2v) is 12.5. The Morgan fingerprint density at radius 1 is 0.936 bits per heavy atom. The van der Waals surface area contributed by atoms with Gasteiger partial charge in [-0.1, -0.05) is 60.7 Å². The molecular formula is C37H38N6O4. The van der Waals surface area contributed by atoms with Gasteiger partial charge in [-0.25, -0.2) is 14.5 Å². The van der Waals surface area contributed by atoms with Crippen LogP contribution in [0.25, 0.3) is 22.2 Å². The summed E-state index contributed by atoms with van der Waals surface area (Å²) in [5.74, 6) is 0.162. The molecule has 0 radical (unpaired) electrons. The van der Waals surface area contributed by atoms with Crippen LogP contribution < -0.4 is 15.8 Å². The van der Waals surface area contributed by atoms with Crippen molar-refractivity contribution in [2.24, 2.45) is 5.73 Å². The maximum atomic E-state index is 13.2. The SMILES string of the molecule is COc1cc(-c2nn(C(N)(c3ccccc3)c3ccccc3)c3ccc(NC(=O)/C=C4\CCN(C(=O)OC(C)(C)C)C4)cc23)ccn1. The fourth-order valence-electron chi connectivity index (χ4n) is 5.79. The number of methoxy groups -OCH3 is 1. The third-order valence-corrected chi connectivity index (χ3v) is 8.01. The number of carbonyl (C=O) groups is 2. The zero-order valence-corrected chi connectivity index (χ0v) is 26.9. The summed E-state index contributed by atoms with van der Waals surface area (Å²) in [6, 6.07) is 29.0. The number of anilines is 1. The van der Waals surface area contributed by atoms with E-state index in [4.69, 9.17) is 20.3 Å². The fraction of sp³-hybridized carbons (Fsp3) is 0.243. The van der Waals surface area contributed by atoms with Crippen LogP contribution in [0.3, 0.4) is 0 Å². The van der Waals surface area contributed by atoms with Crippen LogP contribution >= 0.6 is 0 Å². The van der Waals surface area contributed by atoms with Crippen molar-refractivity contribution >= 4 is 28.6 Å². The van der Waals surface area contributed by atoms with Crippen LogP contribution in [-0.2, 0) is 15.2 Å². The van der Waals surface area contributed by atoms with Crippen LogP contribution in [0.4, 0.5) is 10.5 Å². The molecule has 5 aromatic rings. The second-order valence-electron chi connectivity index (χ2n) is 12.5. The van der Waals surface area contributed by atoms with E-state index in [1.807, 2.05) is 116 Å². The molecule has 1 fully saturated rings. The van der Waals surface area contributed by atoms with E-state index in [0.29, 0.717) is 36.8 Å². The van der Waals surface area contributed by atoms with Crippen molar-refractivity contribution in [2.45, 2.75) is 38.5 Å². The van der Waals surface area contributed by atoms with Crippen molar-refractivity contribution in [1.82, 2.24) is 19.7 Å². The van der Waals surface area contributed by atoms with Crippen LogP contribution in [0.5, 0.6) is 5.88 Å². The van der Waals surface area contributed by atoms with Gasteiger partial charge in [0.2, 0.25) is 11.8 Å². The van der Waals surface area contributed by atoms with Crippen LogP contribution in [0.2, 0.25) is 0 Å². The molecule has 10 heteroatoms. The van der Waals surface area contributed by atoms with Gasteiger partial charge in [-0.05, 0) is 68.2 Å². The maximum absolute atomic E-state index is 13.2. The predicted molar refractivity (Wildman–Crippen MR) is 182 cm³/mol. The number of benzene rings is 3. The predicted octanol–water partition coefficient (Wildman–Crippen LogP) is 6.32. The number of rotatable bonds is 7. The lowest BCUT2D eigenvalue weighted by molar-refractivity contribution is -0.112. The van der Waals surface area contributed by atoms with Crippen LogP contribution in [-0.4, -0.2) is 57.5 Å². The van der Waals surface area contributed by atoms with E-state index in [9.17, 15) is 9.59 Å². The smallest absolute Gasteiger partial charge is 0.410 e. The summed E-state index contributed by atoms with van der Waals surface area (Å²) < 4.78 is 12.7. The molecule has 0 saturated carbocycles. The lowest BCUT2D eigenvalue weighted by Gasteiger charge is -2.32. The lowest BCUT2D eigenvalue weighted by Crippen LogP contribution is -2.46. The zero-order chi connectivity index (χ0) is 33.2. The number of hydrogen-bond donors (Lipinski definition) is 2. The number of amides is 2. The van der Waals surface area contributed by atoms with Crippen molar-refractivity contribution in [3.05, 3.63) is 120 Å². The van der Waals surface area contributed by atoms with Crippen molar-refractivity contribution in [3.8, 4) is 17.1 Å². The van der Waals surface area contributed by atoms with Crippen molar-refractivity contribution < 1.29 is 19.1 Å². The molecule has 3 aromatic carbocycles. The highest BCUT2D eigenvalue weighted by molar-refractivity contribution is 6.03. The topological polar surface area (TPSA) is 125 Å². The van der Waals surface area contributed by atoms with Gasteiger partial charge >= 0.3 is 6.09 Å².